The molecule has 1 heterocycles. The van der Waals surface area contributed by atoms with E-state index in [4.69, 9.17) is 10.8 Å². The van der Waals surface area contributed by atoms with Crippen molar-refractivity contribution >= 4 is 11.3 Å². The molecule has 1 atom stereocenters. The highest BCUT2D eigenvalue weighted by Gasteiger charge is 2.10. The molecular weight excluding hydrogens is 153 g/mol. The molecule has 4 heteroatoms. The Bertz CT molecular complexity index is 213. The largest absolute Gasteiger partial charge is 0.394 e. The molecule has 0 saturated heterocycles. The van der Waals surface area contributed by atoms with Crippen LogP contribution in [0.2, 0.25) is 0 Å². The molecular formula is C6H8FNOS. The van der Waals surface area contributed by atoms with E-state index in [2.05, 4.69) is 0 Å². The van der Waals surface area contributed by atoms with E-state index in [1.54, 1.807) is 11.4 Å². The van der Waals surface area contributed by atoms with Gasteiger partial charge in [-0.05, 0) is 11.4 Å². The van der Waals surface area contributed by atoms with Gasteiger partial charge in [-0.3, -0.25) is 0 Å². The van der Waals surface area contributed by atoms with Crippen LogP contribution in [0.5, 0.6) is 0 Å². The van der Waals surface area contributed by atoms with Gasteiger partial charge in [-0.25, -0.2) is 0 Å². The summed E-state index contributed by atoms with van der Waals surface area (Å²) in [5.74, 6) is 0. The number of nitrogens with two attached hydrogens (primary N) is 1. The normalized spacial score (nSPS) is 13.5. The number of hydrogen-bond acceptors (Lipinski definition) is 3. The maximum atomic E-state index is 12.6. The average Bonchev–Trinajstić information content (AvgIpc) is 2.34. The van der Waals surface area contributed by atoms with Crippen molar-refractivity contribution in [2.75, 3.05) is 6.61 Å². The predicted molar refractivity (Wildman–Crippen MR) is 38.3 cm³/mol. The number of rotatable bonds is 2. The predicted octanol–water partition coefficient (Wildman–Crippen LogP) is 0.879. The SMILES string of the molecule is N[C@H](CO)c1ccsc1F. The van der Waals surface area contributed by atoms with E-state index in [0.717, 1.165) is 11.3 Å². The zero-order chi connectivity index (χ0) is 7.56. The van der Waals surface area contributed by atoms with Crippen molar-refractivity contribution in [1.29, 1.82) is 0 Å². The summed E-state index contributed by atoms with van der Waals surface area (Å²) in [5.41, 5.74) is 5.75. The fraction of sp³-hybridized carbons (Fsp3) is 0.333. The zero-order valence-electron chi connectivity index (χ0n) is 5.25. The molecule has 0 aliphatic rings. The topological polar surface area (TPSA) is 46.2 Å². The molecule has 56 valence electrons. The Hall–Kier alpha value is -0.450. The lowest BCUT2D eigenvalue weighted by Crippen LogP contribution is -2.14. The van der Waals surface area contributed by atoms with E-state index in [1.165, 1.54) is 0 Å². The zero-order valence-corrected chi connectivity index (χ0v) is 6.07. The molecule has 0 aliphatic carbocycles. The van der Waals surface area contributed by atoms with Crippen LogP contribution < -0.4 is 5.73 Å². The first kappa shape index (κ1) is 7.65. The second kappa shape index (κ2) is 3.09. The minimum absolute atomic E-state index is 0.215. The van der Waals surface area contributed by atoms with Gasteiger partial charge in [0.25, 0.3) is 0 Å². The summed E-state index contributed by atoms with van der Waals surface area (Å²) in [6.45, 7) is -0.215. The molecule has 10 heavy (non-hydrogen) atoms. The molecule has 1 aromatic heterocycles. The van der Waals surface area contributed by atoms with Gasteiger partial charge in [-0.2, -0.15) is 4.39 Å². The van der Waals surface area contributed by atoms with Gasteiger partial charge in [-0.1, -0.05) is 0 Å². The van der Waals surface area contributed by atoms with Gasteiger partial charge in [0.2, 0.25) is 0 Å². The molecule has 0 unspecified atom stereocenters. The highest BCUT2D eigenvalue weighted by Crippen LogP contribution is 2.19. The molecule has 1 rings (SSSR count). The third kappa shape index (κ3) is 1.34. The van der Waals surface area contributed by atoms with Crippen molar-refractivity contribution in [3.8, 4) is 0 Å². The summed E-state index contributed by atoms with van der Waals surface area (Å²) < 4.78 is 12.6. The fourth-order valence-electron chi connectivity index (χ4n) is 0.668. The number of aliphatic hydroxyl groups excluding tert-OH is 1. The van der Waals surface area contributed by atoms with E-state index in [0.29, 0.717) is 5.56 Å². The van der Waals surface area contributed by atoms with Crippen molar-refractivity contribution in [1.82, 2.24) is 0 Å². The quantitative estimate of drug-likeness (QED) is 0.676. The summed E-state index contributed by atoms with van der Waals surface area (Å²) in [6.07, 6.45) is 0. The van der Waals surface area contributed by atoms with Crippen molar-refractivity contribution in [3.05, 3.63) is 22.1 Å². The molecule has 2 nitrogen and oxygen atoms in total. The lowest BCUT2D eigenvalue weighted by molar-refractivity contribution is 0.266. The van der Waals surface area contributed by atoms with Gasteiger partial charge in [0.15, 0.2) is 5.13 Å². The fourth-order valence-corrected chi connectivity index (χ4v) is 1.36. The summed E-state index contributed by atoms with van der Waals surface area (Å²) in [4.78, 5) is 0. The van der Waals surface area contributed by atoms with E-state index in [1.807, 2.05) is 0 Å². The third-order valence-corrected chi connectivity index (χ3v) is 1.96. The van der Waals surface area contributed by atoms with Crippen LogP contribution in [0.1, 0.15) is 11.6 Å². The third-order valence-electron chi connectivity index (χ3n) is 1.24. The number of hydrogen-bond donors (Lipinski definition) is 2. The summed E-state index contributed by atoms with van der Waals surface area (Å²) >= 11 is 0.990. The van der Waals surface area contributed by atoms with Crippen molar-refractivity contribution in [2.45, 2.75) is 6.04 Å². The van der Waals surface area contributed by atoms with Crippen LogP contribution in [-0.2, 0) is 0 Å². The number of aliphatic hydroxyl groups is 1. The minimum Gasteiger partial charge on any atom is -0.394 e. The molecule has 0 aliphatic heterocycles. The Labute approximate surface area is 62.1 Å². The summed E-state index contributed by atoms with van der Waals surface area (Å²) in [7, 11) is 0. The average molecular weight is 161 g/mol. The van der Waals surface area contributed by atoms with E-state index in [9.17, 15) is 4.39 Å². The van der Waals surface area contributed by atoms with Gasteiger partial charge < -0.3 is 10.8 Å². The number of thiophene rings is 1. The minimum atomic E-state index is -0.578. The Kier molecular flexibility index (Phi) is 2.37. The van der Waals surface area contributed by atoms with Crippen LogP contribution in [0.15, 0.2) is 11.4 Å². The maximum absolute atomic E-state index is 12.6. The van der Waals surface area contributed by atoms with Crippen LogP contribution in [0.3, 0.4) is 0 Å². The molecule has 0 radical (unpaired) electrons. The standard InChI is InChI=1S/C6H8FNOS/c7-6-4(1-2-10-6)5(8)3-9/h1-2,5,9H,3,8H2/t5-/m1/s1. The second-order valence-corrected chi connectivity index (χ2v) is 2.81. The Balaban J connectivity index is 2.82. The van der Waals surface area contributed by atoms with Crippen LogP contribution >= 0.6 is 11.3 Å². The van der Waals surface area contributed by atoms with Gasteiger partial charge >= 0.3 is 0 Å². The van der Waals surface area contributed by atoms with Crippen LogP contribution in [0.4, 0.5) is 4.39 Å². The monoisotopic (exact) mass is 161 g/mol. The van der Waals surface area contributed by atoms with Crippen molar-refractivity contribution < 1.29 is 9.50 Å². The first-order chi connectivity index (χ1) is 4.75. The van der Waals surface area contributed by atoms with Gasteiger partial charge in [0.1, 0.15) is 0 Å². The van der Waals surface area contributed by atoms with E-state index < -0.39 is 6.04 Å². The maximum Gasteiger partial charge on any atom is 0.181 e. The lowest BCUT2D eigenvalue weighted by atomic mass is 10.2. The van der Waals surface area contributed by atoms with Crippen molar-refractivity contribution in [2.24, 2.45) is 5.73 Å². The Morgan fingerprint density at radius 2 is 2.50 bits per heavy atom. The molecule has 0 spiro atoms. The molecule has 0 aromatic carbocycles. The Morgan fingerprint density at radius 1 is 1.80 bits per heavy atom. The van der Waals surface area contributed by atoms with Gasteiger partial charge in [0, 0.05) is 5.56 Å². The molecule has 0 fully saturated rings. The Morgan fingerprint density at radius 3 is 2.90 bits per heavy atom. The number of halogens is 1. The first-order valence-electron chi connectivity index (χ1n) is 2.85. The molecule has 3 N–H and O–H groups in total. The van der Waals surface area contributed by atoms with Crippen LogP contribution in [0.25, 0.3) is 0 Å². The summed E-state index contributed by atoms with van der Waals surface area (Å²) in [6, 6.07) is 1.01. The van der Waals surface area contributed by atoms with E-state index in [-0.39, 0.29) is 11.7 Å². The lowest BCUT2D eigenvalue weighted by Gasteiger charge is -2.03. The second-order valence-electron chi connectivity index (χ2n) is 1.94. The van der Waals surface area contributed by atoms with Gasteiger partial charge in [-0.15, -0.1) is 11.3 Å². The van der Waals surface area contributed by atoms with E-state index >= 15 is 0 Å². The van der Waals surface area contributed by atoms with Crippen LogP contribution in [0, 0.1) is 5.13 Å². The molecule has 0 amide bonds. The first-order valence-corrected chi connectivity index (χ1v) is 3.73. The highest BCUT2D eigenvalue weighted by molar-refractivity contribution is 7.08. The molecule has 1 aromatic rings. The van der Waals surface area contributed by atoms with Crippen molar-refractivity contribution in [3.63, 3.8) is 0 Å². The van der Waals surface area contributed by atoms with Crippen LogP contribution in [-0.4, -0.2) is 11.7 Å². The van der Waals surface area contributed by atoms with Gasteiger partial charge in [0.05, 0.1) is 12.6 Å². The molecule has 0 saturated carbocycles. The molecule has 0 bridgehead atoms. The highest BCUT2D eigenvalue weighted by atomic mass is 32.1. The summed E-state index contributed by atoms with van der Waals surface area (Å²) in [5, 5.41) is 9.85. The smallest absolute Gasteiger partial charge is 0.181 e.